The molecule has 0 radical (unpaired) electrons. The second kappa shape index (κ2) is 8.91. The first-order chi connectivity index (χ1) is 17.3. The molecule has 6 amide bonds. The van der Waals surface area contributed by atoms with Crippen LogP contribution in [-0.4, -0.2) is 49.0 Å². The summed E-state index contributed by atoms with van der Waals surface area (Å²) in [5.74, 6) is -0.116. The van der Waals surface area contributed by atoms with Gasteiger partial charge in [0.15, 0.2) is 5.54 Å². The number of furan rings is 1. The van der Waals surface area contributed by atoms with Crippen molar-refractivity contribution in [3.05, 3.63) is 64.9 Å². The minimum atomic E-state index is -1.60. The van der Waals surface area contributed by atoms with Crippen LogP contribution in [0, 0.1) is 0 Å². The third kappa shape index (κ3) is 3.98. The molecule has 3 aromatic rings. The van der Waals surface area contributed by atoms with Crippen molar-refractivity contribution < 1.29 is 28.3 Å². The van der Waals surface area contributed by atoms with Crippen LogP contribution in [-0.2, 0) is 23.4 Å². The van der Waals surface area contributed by atoms with Crippen molar-refractivity contribution >= 4 is 34.8 Å². The molecule has 0 spiro atoms. The molecule has 1 saturated heterocycles. The molecule has 5 rings (SSSR count). The summed E-state index contributed by atoms with van der Waals surface area (Å²) in [5.41, 5.74) is 1.02. The number of imide groups is 1. The molecular weight excluding hydrogens is 466 g/mol. The molecule has 0 saturated carbocycles. The number of ether oxygens (including phenoxy) is 1. The zero-order valence-electron chi connectivity index (χ0n) is 19.8. The van der Waals surface area contributed by atoms with Gasteiger partial charge in [0.05, 0.1) is 13.7 Å². The van der Waals surface area contributed by atoms with Gasteiger partial charge in [-0.05, 0) is 48.4 Å². The van der Waals surface area contributed by atoms with Crippen molar-refractivity contribution in [1.29, 1.82) is 0 Å². The third-order valence-electron chi connectivity index (χ3n) is 6.36. The summed E-state index contributed by atoms with van der Waals surface area (Å²) < 4.78 is 11.2. The molecule has 4 N–H and O–H groups in total. The van der Waals surface area contributed by atoms with E-state index in [-0.39, 0.29) is 30.8 Å². The fourth-order valence-electron chi connectivity index (χ4n) is 4.55. The van der Waals surface area contributed by atoms with E-state index < -0.39 is 17.5 Å². The van der Waals surface area contributed by atoms with Crippen molar-refractivity contribution in [1.82, 2.24) is 26.2 Å². The Balaban J connectivity index is 1.44. The lowest BCUT2D eigenvalue weighted by molar-refractivity contribution is -0.125. The van der Waals surface area contributed by atoms with Gasteiger partial charge in [-0.3, -0.25) is 14.9 Å². The van der Waals surface area contributed by atoms with Gasteiger partial charge in [-0.1, -0.05) is 12.1 Å². The number of nitrogens with zero attached hydrogens (tertiary/aromatic N) is 1. The zero-order valence-corrected chi connectivity index (χ0v) is 19.8. The Morgan fingerprint density at radius 2 is 1.97 bits per heavy atom. The Bertz CT molecular complexity index is 1400. The smallest absolute Gasteiger partial charge is 0.322 e. The summed E-state index contributed by atoms with van der Waals surface area (Å²) in [6.07, 6.45) is 0. The molecule has 1 aromatic heterocycles. The number of methoxy groups -OCH3 is 1. The van der Waals surface area contributed by atoms with Gasteiger partial charge >= 0.3 is 12.1 Å². The highest BCUT2D eigenvalue weighted by molar-refractivity contribution is 6.08. The largest absolute Gasteiger partial charge is 0.497 e. The Kier molecular flexibility index (Phi) is 5.75. The SMILES string of the molecule is CCNC(=O)NCc1ccc2oc(C3(CN4Cc5ccc(OC)cc5C4=O)NC(=O)NC3=O)cc2c1. The van der Waals surface area contributed by atoms with Gasteiger partial charge in [-0.25, -0.2) is 9.59 Å². The average Bonchev–Trinajstić information content (AvgIpc) is 3.51. The van der Waals surface area contributed by atoms with Gasteiger partial charge in [0.2, 0.25) is 0 Å². The van der Waals surface area contributed by atoms with E-state index in [2.05, 4.69) is 21.3 Å². The van der Waals surface area contributed by atoms with Crippen molar-refractivity contribution in [3.63, 3.8) is 0 Å². The molecule has 2 aliphatic rings. The van der Waals surface area contributed by atoms with Crippen LogP contribution in [0.5, 0.6) is 5.75 Å². The first-order valence-corrected chi connectivity index (χ1v) is 11.5. The molecule has 1 atom stereocenters. The summed E-state index contributed by atoms with van der Waals surface area (Å²) in [5, 5.41) is 11.1. The van der Waals surface area contributed by atoms with Crippen molar-refractivity contribution in [2.75, 3.05) is 20.2 Å². The maximum absolute atomic E-state index is 13.2. The van der Waals surface area contributed by atoms with Gasteiger partial charge in [0.25, 0.3) is 11.8 Å². The molecule has 2 aliphatic heterocycles. The van der Waals surface area contributed by atoms with Crippen molar-refractivity contribution in [2.24, 2.45) is 0 Å². The second-order valence-corrected chi connectivity index (χ2v) is 8.69. The highest BCUT2D eigenvalue weighted by Crippen LogP contribution is 2.35. The lowest BCUT2D eigenvalue weighted by Crippen LogP contribution is -2.52. The highest BCUT2D eigenvalue weighted by Gasteiger charge is 2.53. The van der Waals surface area contributed by atoms with E-state index in [1.807, 2.05) is 19.1 Å². The van der Waals surface area contributed by atoms with Crippen LogP contribution in [0.4, 0.5) is 9.59 Å². The predicted molar refractivity (Wildman–Crippen MR) is 128 cm³/mol. The monoisotopic (exact) mass is 491 g/mol. The molecule has 3 heterocycles. The first kappa shape index (κ1) is 23.2. The Hall–Kier alpha value is -4.54. The molecule has 0 aliphatic carbocycles. The van der Waals surface area contributed by atoms with E-state index >= 15 is 0 Å². The summed E-state index contributed by atoms with van der Waals surface area (Å²) in [6.45, 7) is 2.81. The standard InChI is InChI=1S/C25H25N5O6/c1-3-26-23(33)27-11-14-4-7-19-16(8-14)9-20(36-19)25(22(32)28-24(34)29-25)13-30-12-15-5-6-17(35-2)10-18(15)21(30)31/h4-10H,3,11-13H2,1-2H3,(H2,26,27,33)(H2,28,29,32,34). The number of hydrogen-bond acceptors (Lipinski definition) is 6. The van der Waals surface area contributed by atoms with E-state index in [1.54, 1.807) is 30.3 Å². The van der Waals surface area contributed by atoms with E-state index in [0.717, 1.165) is 11.1 Å². The van der Waals surface area contributed by atoms with Crippen LogP contribution in [0.2, 0.25) is 0 Å². The number of rotatable bonds is 7. The van der Waals surface area contributed by atoms with Gasteiger partial charge in [0.1, 0.15) is 17.1 Å². The molecule has 11 heteroatoms. The third-order valence-corrected chi connectivity index (χ3v) is 6.36. The van der Waals surface area contributed by atoms with Crippen LogP contribution in [0.1, 0.15) is 34.2 Å². The quantitative estimate of drug-likeness (QED) is 0.372. The first-order valence-electron chi connectivity index (χ1n) is 11.5. The van der Waals surface area contributed by atoms with Crippen LogP contribution in [0.25, 0.3) is 11.0 Å². The van der Waals surface area contributed by atoms with Gasteiger partial charge < -0.3 is 30.0 Å². The summed E-state index contributed by atoms with van der Waals surface area (Å²) in [6, 6.07) is 11.3. The Labute approximate surface area is 206 Å². The molecule has 0 bridgehead atoms. The lowest BCUT2D eigenvalue weighted by atomic mass is 9.95. The number of carbonyl (C=O) groups excluding carboxylic acids is 4. The van der Waals surface area contributed by atoms with Crippen LogP contribution >= 0.6 is 0 Å². The number of urea groups is 2. The molecule has 2 aromatic carbocycles. The van der Waals surface area contributed by atoms with Gasteiger partial charge in [-0.15, -0.1) is 0 Å². The zero-order chi connectivity index (χ0) is 25.4. The average molecular weight is 492 g/mol. The molecule has 1 unspecified atom stereocenters. The van der Waals surface area contributed by atoms with Crippen LogP contribution in [0.15, 0.2) is 46.9 Å². The van der Waals surface area contributed by atoms with Crippen molar-refractivity contribution in [2.45, 2.75) is 25.6 Å². The highest BCUT2D eigenvalue weighted by atomic mass is 16.5. The normalized spacial score (nSPS) is 18.7. The number of hydrogen-bond donors (Lipinski definition) is 4. The van der Waals surface area contributed by atoms with E-state index in [0.29, 0.717) is 35.4 Å². The maximum atomic E-state index is 13.2. The topological polar surface area (TPSA) is 142 Å². The molecule has 36 heavy (non-hydrogen) atoms. The predicted octanol–water partition coefficient (Wildman–Crippen LogP) is 1.95. The fourth-order valence-corrected chi connectivity index (χ4v) is 4.55. The summed E-state index contributed by atoms with van der Waals surface area (Å²) >= 11 is 0. The Morgan fingerprint density at radius 1 is 1.14 bits per heavy atom. The summed E-state index contributed by atoms with van der Waals surface area (Å²) in [7, 11) is 1.52. The number of amides is 6. The second-order valence-electron chi connectivity index (χ2n) is 8.69. The molecule has 186 valence electrons. The number of fused-ring (bicyclic) bond motifs is 2. The number of benzene rings is 2. The van der Waals surface area contributed by atoms with E-state index in [1.165, 1.54) is 12.0 Å². The lowest BCUT2D eigenvalue weighted by Gasteiger charge is -2.29. The van der Waals surface area contributed by atoms with E-state index in [9.17, 15) is 19.2 Å². The summed E-state index contributed by atoms with van der Waals surface area (Å²) in [4.78, 5) is 51.7. The maximum Gasteiger partial charge on any atom is 0.322 e. The minimum absolute atomic E-state index is 0.119. The van der Waals surface area contributed by atoms with Crippen LogP contribution < -0.4 is 26.0 Å². The molecule has 1 fully saturated rings. The van der Waals surface area contributed by atoms with Crippen molar-refractivity contribution in [3.8, 4) is 5.75 Å². The van der Waals surface area contributed by atoms with Gasteiger partial charge in [-0.2, -0.15) is 0 Å². The van der Waals surface area contributed by atoms with Crippen LogP contribution in [0.3, 0.4) is 0 Å². The van der Waals surface area contributed by atoms with E-state index in [4.69, 9.17) is 9.15 Å². The number of nitrogens with one attached hydrogen (secondary N) is 4. The molecular formula is C25H25N5O6. The fraction of sp³-hybridized carbons (Fsp3) is 0.280. The number of carbonyl (C=O) groups is 4. The molecule has 11 nitrogen and oxygen atoms in total. The minimum Gasteiger partial charge on any atom is -0.497 e. The van der Waals surface area contributed by atoms with Gasteiger partial charge in [0, 0.05) is 30.6 Å². The Morgan fingerprint density at radius 3 is 2.69 bits per heavy atom.